The fourth-order valence-corrected chi connectivity index (χ4v) is 4.47. The number of anilines is 1. The highest BCUT2D eigenvalue weighted by atomic mass is 32.1. The van der Waals surface area contributed by atoms with Gasteiger partial charge in [0.15, 0.2) is 0 Å². The van der Waals surface area contributed by atoms with E-state index < -0.39 is 0 Å². The molecule has 0 radical (unpaired) electrons. The summed E-state index contributed by atoms with van der Waals surface area (Å²) in [5.41, 5.74) is 0.929. The average Bonchev–Trinajstić information content (AvgIpc) is 3.16. The van der Waals surface area contributed by atoms with Crippen LogP contribution in [0.3, 0.4) is 0 Å². The third-order valence-corrected chi connectivity index (χ3v) is 6.04. The van der Waals surface area contributed by atoms with Gasteiger partial charge in [-0.25, -0.2) is 0 Å². The first kappa shape index (κ1) is 20.8. The van der Waals surface area contributed by atoms with Crippen molar-refractivity contribution in [3.05, 3.63) is 46.7 Å². The number of ether oxygens (including phenoxy) is 1. The average molecular weight is 402 g/mol. The summed E-state index contributed by atoms with van der Waals surface area (Å²) in [4.78, 5) is 15.9. The largest absolute Gasteiger partial charge is 0.485 e. The number of nitrogens with one attached hydrogen (secondary N) is 2. The lowest BCUT2D eigenvalue weighted by atomic mass is 10.1. The van der Waals surface area contributed by atoms with Gasteiger partial charge in [-0.3, -0.25) is 4.79 Å². The molecule has 2 heterocycles. The first-order valence-corrected chi connectivity index (χ1v) is 11.1. The second-order valence-electron chi connectivity index (χ2n) is 7.16. The highest BCUT2D eigenvalue weighted by Gasteiger charge is 2.24. The van der Waals surface area contributed by atoms with Crippen molar-refractivity contribution in [2.75, 3.05) is 31.6 Å². The van der Waals surface area contributed by atoms with E-state index in [2.05, 4.69) is 35.1 Å². The molecule has 152 valence electrons. The summed E-state index contributed by atoms with van der Waals surface area (Å²) < 4.78 is 6.34. The molecule has 2 N–H and O–H groups in total. The van der Waals surface area contributed by atoms with Crippen molar-refractivity contribution in [3.63, 3.8) is 0 Å². The van der Waals surface area contributed by atoms with E-state index in [-0.39, 0.29) is 18.1 Å². The van der Waals surface area contributed by atoms with E-state index in [0.717, 1.165) is 50.3 Å². The molecule has 0 bridgehead atoms. The fraction of sp³-hybridized carbons (Fsp3) is 0.500. The summed E-state index contributed by atoms with van der Waals surface area (Å²) in [5.74, 6) is 0.998. The van der Waals surface area contributed by atoms with Crippen molar-refractivity contribution in [2.45, 2.75) is 44.8 Å². The molecule has 5 nitrogen and oxygen atoms in total. The first-order valence-electron chi connectivity index (χ1n) is 10.2. The zero-order valence-electron chi connectivity index (χ0n) is 16.8. The lowest BCUT2D eigenvalue weighted by molar-refractivity contribution is -0.118. The SMILES string of the molecule is CCN[C@H]1CCCN(c2cccc(O[C@@H](CCNC)c3cccs3)c2)C(=O)C1. The van der Waals surface area contributed by atoms with Crippen LogP contribution >= 0.6 is 11.3 Å². The highest BCUT2D eigenvalue weighted by molar-refractivity contribution is 7.10. The highest BCUT2D eigenvalue weighted by Crippen LogP contribution is 2.31. The summed E-state index contributed by atoms with van der Waals surface area (Å²) in [7, 11) is 1.96. The quantitative estimate of drug-likeness (QED) is 0.668. The molecule has 1 fully saturated rings. The molecule has 1 aliphatic rings. The summed E-state index contributed by atoms with van der Waals surface area (Å²) in [6, 6.07) is 12.4. The Morgan fingerprint density at radius 2 is 2.21 bits per heavy atom. The van der Waals surface area contributed by atoms with Gasteiger partial charge in [-0.2, -0.15) is 0 Å². The number of carbonyl (C=O) groups is 1. The van der Waals surface area contributed by atoms with Gasteiger partial charge in [0, 0.05) is 42.1 Å². The summed E-state index contributed by atoms with van der Waals surface area (Å²) in [5, 5.41) is 8.71. The second-order valence-corrected chi connectivity index (χ2v) is 8.14. The lowest BCUT2D eigenvalue weighted by Gasteiger charge is -2.23. The van der Waals surface area contributed by atoms with E-state index in [1.54, 1.807) is 11.3 Å². The predicted octanol–water partition coefficient (Wildman–Crippen LogP) is 3.97. The maximum atomic E-state index is 12.8. The molecule has 3 rings (SSSR count). The van der Waals surface area contributed by atoms with Gasteiger partial charge in [-0.05, 0) is 56.6 Å². The van der Waals surface area contributed by atoms with Crippen LogP contribution in [0.15, 0.2) is 41.8 Å². The van der Waals surface area contributed by atoms with Gasteiger partial charge in [-0.1, -0.05) is 19.1 Å². The molecule has 0 aliphatic carbocycles. The van der Waals surface area contributed by atoms with E-state index >= 15 is 0 Å². The van der Waals surface area contributed by atoms with Gasteiger partial charge < -0.3 is 20.3 Å². The van der Waals surface area contributed by atoms with Crippen molar-refractivity contribution in [1.29, 1.82) is 0 Å². The number of rotatable bonds is 9. The molecule has 1 aromatic heterocycles. The fourth-order valence-electron chi connectivity index (χ4n) is 3.68. The number of hydrogen-bond donors (Lipinski definition) is 2. The molecule has 28 heavy (non-hydrogen) atoms. The van der Waals surface area contributed by atoms with E-state index in [1.807, 2.05) is 36.2 Å². The van der Waals surface area contributed by atoms with E-state index in [0.29, 0.717) is 6.42 Å². The maximum absolute atomic E-state index is 12.8. The van der Waals surface area contributed by atoms with Crippen LogP contribution in [-0.2, 0) is 4.79 Å². The minimum absolute atomic E-state index is 0.0145. The molecule has 0 saturated carbocycles. The number of carbonyl (C=O) groups excluding carboxylic acids is 1. The van der Waals surface area contributed by atoms with Crippen LogP contribution in [0, 0.1) is 0 Å². The van der Waals surface area contributed by atoms with Gasteiger partial charge in [0.2, 0.25) is 5.91 Å². The van der Waals surface area contributed by atoms with Crippen LogP contribution in [-0.4, -0.2) is 38.6 Å². The van der Waals surface area contributed by atoms with Crippen LogP contribution in [0.5, 0.6) is 5.75 Å². The molecule has 1 aromatic carbocycles. The zero-order valence-corrected chi connectivity index (χ0v) is 17.6. The van der Waals surface area contributed by atoms with Crippen molar-refractivity contribution < 1.29 is 9.53 Å². The molecule has 1 aliphatic heterocycles. The van der Waals surface area contributed by atoms with Crippen LogP contribution < -0.4 is 20.3 Å². The summed E-state index contributed by atoms with van der Waals surface area (Å²) >= 11 is 1.72. The molecule has 1 saturated heterocycles. The minimum atomic E-state index is 0.0145. The van der Waals surface area contributed by atoms with Crippen LogP contribution in [0.2, 0.25) is 0 Å². The molecule has 6 heteroatoms. The van der Waals surface area contributed by atoms with Crippen molar-refractivity contribution >= 4 is 22.9 Å². The van der Waals surface area contributed by atoms with Gasteiger partial charge in [0.25, 0.3) is 0 Å². The Morgan fingerprint density at radius 3 is 2.96 bits per heavy atom. The van der Waals surface area contributed by atoms with Crippen LogP contribution in [0.25, 0.3) is 0 Å². The molecular formula is C22H31N3O2S. The van der Waals surface area contributed by atoms with Crippen LogP contribution in [0.1, 0.15) is 43.6 Å². The van der Waals surface area contributed by atoms with Crippen molar-refractivity contribution in [2.24, 2.45) is 0 Å². The second kappa shape index (κ2) is 10.6. The van der Waals surface area contributed by atoms with Gasteiger partial charge in [0.05, 0.1) is 0 Å². The van der Waals surface area contributed by atoms with E-state index in [4.69, 9.17) is 4.74 Å². The molecular weight excluding hydrogens is 370 g/mol. The normalized spacial score (nSPS) is 18.7. The Morgan fingerprint density at radius 1 is 1.32 bits per heavy atom. The smallest absolute Gasteiger partial charge is 0.228 e. The number of hydrogen-bond acceptors (Lipinski definition) is 5. The van der Waals surface area contributed by atoms with Crippen molar-refractivity contribution in [3.8, 4) is 5.75 Å². The standard InChI is InChI=1S/C22H31N3O2S/c1-3-24-17-7-5-13-25(22(26)15-17)18-8-4-9-19(16-18)27-20(11-12-23-2)21-10-6-14-28-21/h4,6,8-10,14,16-17,20,23-24H,3,5,7,11-13,15H2,1-2H3/t17-,20-/m0/s1. The number of nitrogens with zero attached hydrogens (tertiary/aromatic N) is 1. The van der Waals surface area contributed by atoms with E-state index in [1.165, 1.54) is 4.88 Å². The maximum Gasteiger partial charge on any atom is 0.228 e. The number of thiophene rings is 1. The Labute approximate surface area is 172 Å². The summed E-state index contributed by atoms with van der Waals surface area (Å²) in [6.07, 6.45) is 3.51. The predicted molar refractivity (Wildman–Crippen MR) is 116 cm³/mol. The Bertz CT molecular complexity index is 735. The van der Waals surface area contributed by atoms with E-state index in [9.17, 15) is 4.79 Å². The first-order chi connectivity index (χ1) is 13.7. The molecule has 2 aromatic rings. The molecule has 0 unspecified atom stereocenters. The topological polar surface area (TPSA) is 53.6 Å². The molecule has 0 spiro atoms. The van der Waals surface area contributed by atoms with Crippen LogP contribution in [0.4, 0.5) is 5.69 Å². The van der Waals surface area contributed by atoms with Gasteiger partial charge in [-0.15, -0.1) is 11.3 Å². The molecule has 1 amide bonds. The zero-order chi connectivity index (χ0) is 19.8. The number of amides is 1. The van der Waals surface area contributed by atoms with Gasteiger partial charge >= 0.3 is 0 Å². The minimum Gasteiger partial charge on any atom is -0.485 e. The Hall–Kier alpha value is -1.89. The monoisotopic (exact) mass is 401 g/mol. The molecule has 2 atom stereocenters. The third kappa shape index (κ3) is 5.56. The third-order valence-electron chi connectivity index (χ3n) is 5.07. The lowest BCUT2D eigenvalue weighted by Crippen LogP contribution is -2.34. The number of benzene rings is 1. The Kier molecular flexibility index (Phi) is 7.89. The Balaban J connectivity index is 1.73. The van der Waals surface area contributed by atoms with Gasteiger partial charge in [0.1, 0.15) is 11.9 Å². The summed E-state index contributed by atoms with van der Waals surface area (Å²) in [6.45, 7) is 4.64. The van der Waals surface area contributed by atoms with Crippen molar-refractivity contribution in [1.82, 2.24) is 10.6 Å².